The molecule has 2 aliphatic rings. The van der Waals surface area contributed by atoms with E-state index >= 15 is 0 Å². The molecular formula is C20H26N4O3. The quantitative estimate of drug-likeness (QED) is 0.822. The van der Waals surface area contributed by atoms with E-state index in [9.17, 15) is 9.59 Å². The van der Waals surface area contributed by atoms with E-state index in [1.54, 1.807) is 18.7 Å². The lowest BCUT2D eigenvalue weighted by atomic mass is 9.73. The lowest BCUT2D eigenvalue weighted by Gasteiger charge is -2.42. The summed E-state index contributed by atoms with van der Waals surface area (Å²) in [6.45, 7) is 4.93. The number of nitrogens with zero attached hydrogens (tertiary/aromatic N) is 4. The van der Waals surface area contributed by atoms with Crippen molar-refractivity contribution in [2.24, 2.45) is 18.4 Å². The van der Waals surface area contributed by atoms with Gasteiger partial charge in [0, 0.05) is 64.0 Å². The Morgan fingerprint density at radius 1 is 1.26 bits per heavy atom. The van der Waals surface area contributed by atoms with Crippen LogP contribution in [0.1, 0.15) is 23.8 Å². The van der Waals surface area contributed by atoms with Crippen LogP contribution in [0.25, 0.3) is 10.9 Å². The third kappa shape index (κ3) is 2.90. The number of benzene rings is 1. The van der Waals surface area contributed by atoms with E-state index in [0.29, 0.717) is 31.9 Å². The molecule has 0 radical (unpaired) electrons. The molecule has 1 aromatic carbocycles. The number of carbonyl (C=O) groups is 2. The standard InChI is InChI=1S/C20H26N4O3/c1-14(25)24-11-15-10-23(9-8-20(15,12-24)13-27-3)19(26)18-16-6-4-5-7-17(16)22(2)21-18/h4-7,15H,8-13H2,1-3H3/t15-,20+/m1/s1. The van der Waals surface area contributed by atoms with Crippen molar-refractivity contribution in [3.8, 4) is 0 Å². The molecule has 1 aromatic heterocycles. The normalized spacial score (nSPS) is 25.1. The summed E-state index contributed by atoms with van der Waals surface area (Å²) >= 11 is 0. The van der Waals surface area contributed by atoms with Crippen molar-refractivity contribution in [1.82, 2.24) is 19.6 Å². The smallest absolute Gasteiger partial charge is 0.275 e. The van der Waals surface area contributed by atoms with Gasteiger partial charge in [-0.25, -0.2) is 0 Å². The zero-order chi connectivity index (χ0) is 19.2. The summed E-state index contributed by atoms with van der Waals surface area (Å²) in [5.41, 5.74) is 1.41. The minimum atomic E-state index is -0.0522. The van der Waals surface area contributed by atoms with Crippen molar-refractivity contribution >= 4 is 22.7 Å². The van der Waals surface area contributed by atoms with E-state index in [4.69, 9.17) is 4.74 Å². The molecule has 0 spiro atoms. The number of aryl methyl sites for hydroxylation is 1. The second kappa shape index (κ2) is 6.64. The lowest BCUT2D eigenvalue weighted by molar-refractivity contribution is -0.128. The van der Waals surface area contributed by atoms with Crippen LogP contribution in [-0.4, -0.2) is 71.3 Å². The molecule has 27 heavy (non-hydrogen) atoms. The molecule has 144 valence electrons. The molecule has 2 fully saturated rings. The fraction of sp³-hybridized carbons (Fsp3) is 0.550. The van der Waals surface area contributed by atoms with Gasteiger partial charge in [-0.2, -0.15) is 5.10 Å². The maximum Gasteiger partial charge on any atom is 0.275 e. The number of hydrogen-bond acceptors (Lipinski definition) is 4. The fourth-order valence-electron chi connectivity index (χ4n) is 4.75. The van der Waals surface area contributed by atoms with Crippen molar-refractivity contribution in [2.45, 2.75) is 13.3 Å². The molecule has 0 N–H and O–H groups in total. The highest BCUT2D eigenvalue weighted by Gasteiger charge is 2.51. The van der Waals surface area contributed by atoms with Gasteiger partial charge in [-0.1, -0.05) is 18.2 Å². The van der Waals surface area contributed by atoms with Gasteiger partial charge in [0.1, 0.15) is 0 Å². The Morgan fingerprint density at radius 2 is 2.00 bits per heavy atom. The molecule has 2 atom stereocenters. The zero-order valence-electron chi connectivity index (χ0n) is 16.1. The average molecular weight is 370 g/mol. The Labute approximate surface area is 158 Å². The molecule has 2 aliphatic heterocycles. The second-order valence-corrected chi connectivity index (χ2v) is 7.88. The Bertz CT molecular complexity index is 892. The molecule has 3 heterocycles. The maximum absolute atomic E-state index is 13.2. The highest BCUT2D eigenvalue weighted by Crippen LogP contribution is 2.43. The monoisotopic (exact) mass is 370 g/mol. The minimum Gasteiger partial charge on any atom is -0.384 e. The summed E-state index contributed by atoms with van der Waals surface area (Å²) in [5.74, 6) is 0.293. The van der Waals surface area contributed by atoms with E-state index in [-0.39, 0.29) is 23.1 Å². The van der Waals surface area contributed by atoms with E-state index in [2.05, 4.69) is 5.10 Å². The van der Waals surface area contributed by atoms with Crippen LogP contribution in [0.5, 0.6) is 0 Å². The van der Waals surface area contributed by atoms with Gasteiger partial charge < -0.3 is 14.5 Å². The molecule has 0 unspecified atom stereocenters. The Hall–Kier alpha value is -2.41. The number of para-hydroxylation sites is 1. The van der Waals surface area contributed by atoms with Crippen molar-refractivity contribution < 1.29 is 14.3 Å². The molecule has 4 rings (SSSR count). The van der Waals surface area contributed by atoms with Crippen LogP contribution in [-0.2, 0) is 16.6 Å². The second-order valence-electron chi connectivity index (χ2n) is 7.88. The number of fused-ring (bicyclic) bond motifs is 2. The van der Waals surface area contributed by atoms with E-state index in [1.807, 2.05) is 41.1 Å². The number of methoxy groups -OCH3 is 1. The summed E-state index contributed by atoms with van der Waals surface area (Å²) in [4.78, 5) is 28.9. The van der Waals surface area contributed by atoms with Gasteiger partial charge in [0.25, 0.3) is 5.91 Å². The van der Waals surface area contributed by atoms with E-state index < -0.39 is 0 Å². The lowest BCUT2D eigenvalue weighted by Crippen LogP contribution is -2.51. The topological polar surface area (TPSA) is 67.7 Å². The number of piperidine rings is 1. The number of amides is 2. The van der Waals surface area contributed by atoms with Crippen LogP contribution in [0.2, 0.25) is 0 Å². The van der Waals surface area contributed by atoms with Crippen LogP contribution in [0, 0.1) is 11.3 Å². The number of hydrogen-bond donors (Lipinski definition) is 0. The Morgan fingerprint density at radius 3 is 2.74 bits per heavy atom. The molecule has 2 aromatic rings. The average Bonchev–Trinajstić information content (AvgIpc) is 3.20. The van der Waals surface area contributed by atoms with Crippen molar-refractivity contribution in [3.05, 3.63) is 30.0 Å². The number of rotatable bonds is 3. The minimum absolute atomic E-state index is 0.0286. The molecule has 7 heteroatoms. The van der Waals surface area contributed by atoms with Gasteiger partial charge in [0.15, 0.2) is 5.69 Å². The number of likely N-dealkylation sites (tertiary alicyclic amines) is 2. The third-order valence-electron chi connectivity index (χ3n) is 6.26. The van der Waals surface area contributed by atoms with Gasteiger partial charge >= 0.3 is 0 Å². The Balaban J connectivity index is 1.59. The van der Waals surface area contributed by atoms with Crippen molar-refractivity contribution in [3.63, 3.8) is 0 Å². The van der Waals surface area contributed by atoms with Crippen LogP contribution in [0.4, 0.5) is 0 Å². The molecule has 7 nitrogen and oxygen atoms in total. The number of carbonyl (C=O) groups excluding carboxylic acids is 2. The molecule has 0 bridgehead atoms. The Kier molecular flexibility index (Phi) is 4.42. The molecule has 0 aliphatic carbocycles. The highest BCUT2D eigenvalue weighted by atomic mass is 16.5. The van der Waals surface area contributed by atoms with Gasteiger partial charge in [-0.05, 0) is 12.5 Å². The first-order valence-corrected chi connectivity index (χ1v) is 9.40. The van der Waals surface area contributed by atoms with Crippen molar-refractivity contribution in [2.75, 3.05) is 39.9 Å². The van der Waals surface area contributed by atoms with Crippen LogP contribution in [0.15, 0.2) is 24.3 Å². The van der Waals surface area contributed by atoms with Gasteiger partial charge in [-0.15, -0.1) is 0 Å². The summed E-state index contributed by atoms with van der Waals surface area (Å²) in [6, 6.07) is 7.80. The van der Waals surface area contributed by atoms with E-state index in [1.165, 1.54) is 0 Å². The predicted octanol–water partition coefficient (Wildman–Crippen LogP) is 1.53. The van der Waals surface area contributed by atoms with Crippen LogP contribution in [0.3, 0.4) is 0 Å². The maximum atomic E-state index is 13.2. The van der Waals surface area contributed by atoms with E-state index in [0.717, 1.165) is 23.9 Å². The largest absolute Gasteiger partial charge is 0.384 e. The van der Waals surface area contributed by atoms with Gasteiger partial charge in [-0.3, -0.25) is 14.3 Å². The first-order valence-electron chi connectivity index (χ1n) is 9.40. The summed E-state index contributed by atoms with van der Waals surface area (Å²) in [5, 5.41) is 5.37. The first-order chi connectivity index (χ1) is 12.9. The van der Waals surface area contributed by atoms with Crippen LogP contribution >= 0.6 is 0 Å². The highest BCUT2D eigenvalue weighted by molar-refractivity contribution is 6.04. The molecule has 0 saturated carbocycles. The molecular weight excluding hydrogens is 344 g/mol. The van der Waals surface area contributed by atoms with Crippen LogP contribution < -0.4 is 0 Å². The summed E-state index contributed by atoms with van der Waals surface area (Å²) < 4.78 is 7.26. The number of ether oxygens (including phenoxy) is 1. The summed E-state index contributed by atoms with van der Waals surface area (Å²) in [7, 11) is 3.57. The number of aromatic nitrogens is 2. The van der Waals surface area contributed by atoms with Gasteiger partial charge in [0.05, 0.1) is 12.1 Å². The first kappa shape index (κ1) is 18.0. The zero-order valence-corrected chi connectivity index (χ0v) is 16.1. The fourth-order valence-corrected chi connectivity index (χ4v) is 4.75. The van der Waals surface area contributed by atoms with Gasteiger partial charge in [0.2, 0.25) is 5.91 Å². The molecule has 2 saturated heterocycles. The third-order valence-corrected chi connectivity index (χ3v) is 6.26. The van der Waals surface area contributed by atoms with Crippen molar-refractivity contribution in [1.29, 1.82) is 0 Å². The SMILES string of the molecule is COC[C@@]12CCN(C(=O)c3nn(C)c4ccccc34)C[C@@H]1CN(C(C)=O)C2. The molecule has 2 amide bonds. The predicted molar refractivity (Wildman–Crippen MR) is 101 cm³/mol. The summed E-state index contributed by atoms with van der Waals surface area (Å²) in [6.07, 6.45) is 0.839.